The van der Waals surface area contributed by atoms with E-state index < -0.39 is 22.8 Å². The van der Waals surface area contributed by atoms with Crippen molar-refractivity contribution in [1.82, 2.24) is 30.0 Å². The highest BCUT2D eigenvalue weighted by Gasteiger charge is 2.34. The van der Waals surface area contributed by atoms with Gasteiger partial charge in [0.1, 0.15) is 11.8 Å². The third-order valence-corrected chi connectivity index (χ3v) is 4.96. The lowest BCUT2D eigenvalue weighted by molar-refractivity contribution is -0.137. The lowest BCUT2D eigenvalue weighted by atomic mass is 10.2. The van der Waals surface area contributed by atoms with Crippen molar-refractivity contribution < 1.29 is 22.4 Å². The molecule has 0 unspecified atom stereocenters. The quantitative estimate of drug-likeness (QED) is 0.421. The minimum absolute atomic E-state index is 0.00510. The summed E-state index contributed by atoms with van der Waals surface area (Å²) in [6.07, 6.45) is -1.86. The van der Waals surface area contributed by atoms with Crippen LogP contribution >= 0.6 is 11.6 Å². The average Bonchev–Trinajstić information content (AvgIpc) is 3.39. The highest BCUT2D eigenvalue weighted by Crippen LogP contribution is 2.37. The topological polar surface area (TPSA) is 111 Å². The van der Waals surface area contributed by atoms with E-state index in [0.29, 0.717) is 23.8 Å². The SMILES string of the molecule is CCNC(=O)c1ccc(-n2ncnc2[C@H](C)Nc2nc3cc(C(F)(F)F)c(Cl)cc3o2)nc1. The zero-order valence-electron chi connectivity index (χ0n) is 17.3. The number of oxazole rings is 1. The number of anilines is 1. The molecular weight excluding hydrogens is 463 g/mol. The number of carbonyl (C=O) groups excluding carboxylic acids is 1. The van der Waals surface area contributed by atoms with Crippen molar-refractivity contribution in [3.05, 3.63) is 58.8 Å². The second-order valence-electron chi connectivity index (χ2n) is 6.98. The van der Waals surface area contributed by atoms with E-state index >= 15 is 0 Å². The molecule has 0 saturated heterocycles. The lowest BCUT2D eigenvalue weighted by Gasteiger charge is -2.13. The normalized spacial score (nSPS) is 12.7. The average molecular weight is 480 g/mol. The summed E-state index contributed by atoms with van der Waals surface area (Å²) < 4.78 is 46.2. The molecule has 0 aliphatic heterocycles. The predicted octanol–water partition coefficient (Wildman–Crippen LogP) is 4.40. The van der Waals surface area contributed by atoms with Crippen LogP contribution in [0, 0.1) is 0 Å². The third-order valence-electron chi connectivity index (χ3n) is 4.65. The summed E-state index contributed by atoms with van der Waals surface area (Å²) in [6.45, 7) is 4.06. The molecule has 3 aromatic heterocycles. The van der Waals surface area contributed by atoms with Crippen LogP contribution in [-0.4, -0.2) is 37.2 Å². The van der Waals surface area contributed by atoms with Crippen molar-refractivity contribution in [3.8, 4) is 5.82 Å². The van der Waals surface area contributed by atoms with Gasteiger partial charge in [-0.05, 0) is 32.0 Å². The molecule has 2 N–H and O–H groups in total. The number of benzene rings is 1. The van der Waals surface area contributed by atoms with Crippen LogP contribution in [-0.2, 0) is 6.18 Å². The second-order valence-corrected chi connectivity index (χ2v) is 7.38. The van der Waals surface area contributed by atoms with Crippen LogP contribution in [0.3, 0.4) is 0 Å². The molecule has 1 aromatic carbocycles. The van der Waals surface area contributed by atoms with Crippen LogP contribution < -0.4 is 10.6 Å². The van der Waals surface area contributed by atoms with Crippen molar-refractivity contribution >= 4 is 34.6 Å². The molecule has 0 aliphatic carbocycles. The van der Waals surface area contributed by atoms with E-state index in [0.717, 1.165) is 12.1 Å². The molecule has 4 rings (SSSR count). The molecule has 13 heteroatoms. The van der Waals surface area contributed by atoms with Crippen molar-refractivity contribution in [2.75, 3.05) is 11.9 Å². The first kappa shape index (κ1) is 22.5. The highest BCUT2D eigenvalue weighted by molar-refractivity contribution is 6.32. The van der Waals surface area contributed by atoms with Gasteiger partial charge in [-0.3, -0.25) is 4.79 Å². The maximum atomic E-state index is 13.1. The Labute approximate surface area is 190 Å². The molecule has 3 heterocycles. The summed E-state index contributed by atoms with van der Waals surface area (Å²) in [5, 5.41) is 9.32. The Morgan fingerprint density at radius 3 is 2.73 bits per heavy atom. The Balaban J connectivity index is 1.57. The number of nitrogens with one attached hydrogen (secondary N) is 2. The summed E-state index contributed by atoms with van der Waals surface area (Å²) in [6, 6.07) is 4.62. The van der Waals surface area contributed by atoms with Crippen LogP contribution in [0.5, 0.6) is 0 Å². The Morgan fingerprint density at radius 2 is 2.06 bits per heavy atom. The number of rotatable bonds is 6. The number of aromatic nitrogens is 5. The Kier molecular flexibility index (Phi) is 5.93. The van der Waals surface area contributed by atoms with E-state index in [1.165, 1.54) is 17.2 Å². The molecular formula is C20H17ClF3N7O2. The minimum Gasteiger partial charge on any atom is -0.423 e. The molecule has 0 radical (unpaired) electrons. The van der Waals surface area contributed by atoms with Crippen LogP contribution in [0.4, 0.5) is 19.2 Å². The second kappa shape index (κ2) is 8.70. The van der Waals surface area contributed by atoms with E-state index in [4.69, 9.17) is 16.0 Å². The van der Waals surface area contributed by atoms with Gasteiger partial charge in [-0.1, -0.05) is 11.6 Å². The molecule has 0 bridgehead atoms. The number of hydrogen-bond acceptors (Lipinski definition) is 7. The van der Waals surface area contributed by atoms with Crippen molar-refractivity contribution in [2.45, 2.75) is 26.1 Å². The van der Waals surface area contributed by atoms with Crippen LogP contribution in [0.25, 0.3) is 16.9 Å². The zero-order valence-corrected chi connectivity index (χ0v) is 18.1. The van der Waals surface area contributed by atoms with Gasteiger partial charge in [0.15, 0.2) is 17.2 Å². The molecule has 4 aromatic rings. The van der Waals surface area contributed by atoms with E-state index in [9.17, 15) is 18.0 Å². The fraction of sp³-hybridized carbons (Fsp3) is 0.250. The summed E-state index contributed by atoms with van der Waals surface area (Å²) in [7, 11) is 0. The first-order valence-electron chi connectivity index (χ1n) is 9.75. The molecule has 172 valence electrons. The van der Waals surface area contributed by atoms with E-state index in [1.807, 2.05) is 6.92 Å². The molecule has 1 amide bonds. The molecule has 0 aliphatic rings. The van der Waals surface area contributed by atoms with Gasteiger partial charge in [0.2, 0.25) is 0 Å². The van der Waals surface area contributed by atoms with Crippen LogP contribution in [0.15, 0.2) is 41.2 Å². The Hall–Kier alpha value is -3.67. The summed E-state index contributed by atoms with van der Waals surface area (Å²) in [5.74, 6) is 0.614. The first-order valence-corrected chi connectivity index (χ1v) is 10.1. The van der Waals surface area contributed by atoms with E-state index in [-0.39, 0.29) is 23.0 Å². The summed E-state index contributed by atoms with van der Waals surface area (Å²) in [4.78, 5) is 24.5. The number of pyridine rings is 1. The van der Waals surface area contributed by atoms with Crippen molar-refractivity contribution in [2.24, 2.45) is 0 Å². The number of fused-ring (bicyclic) bond motifs is 1. The Morgan fingerprint density at radius 1 is 1.27 bits per heavy atom. The smallest absolute Gasteiger partial charge is 0.417 e. The van der Waals surface area contributed by atoms with Crippen molar-refractivity contribution in [3.63, 3.8) is 0 Å². The third kappa shape index (κ3) is 4.60. The van der Waals surface area contributed by atoms with Gasteiger partial charge in [-0.25, -0.2) is 9.97 Å². The Bertz CT molecular complexity index is 1300. The molecule has 9 nitrogen and oxygen atoms in total. The van der Waals surface area contributed by atoms with E-state index in [1.54, 1.807) is 19.1 Å². The maximum absolute atomic E-state index is 13.1. The minimum atomic E-state index is -4.61. The molecule has 1 atom stereocenters. The summed E-state index contributed by atoms with van der Waals surface area (Å²) >= 11 is 5.74. The van der Waals surface area contributed by atoms with Crippen molar-refractivity contribution in [1.29, 1.82) is 0 Å². The van der Waals surface area contributed by atoms with Gasteiger partial charge in [-0.2, -0.15) is 27.9 Å². The standard InChI is InChI=1S/C20H17ClF3N7O2/c1-3-25-18(32)11-4-5-16(26-8-11)31-17(27-9-28-31)10(2)29-19-30-14-6-12(20(22,23)24)13(21)7-15(14)33-19/h4-10H,3H2,1-2H3,(H,25,32)(H,29,30)/t10-/m0/s1. The summed E-state index contributed by atoms with van der Waals surface area (Å²) in [5.41, 5.74) is -0.486. The van der Waals surface area contributed by atoms with Gasteiger partial charge >= 0.3 is 6.18 Å². The number of alkyl halides is 3. The lowest BCUT2D eigenvalue weighted by Crippen LogP contribution is -2.23. The fourth-order valence-corrected chi connectivity index (χ4v) is 3.37. The molecule has 33 heavy (non-hydrogen) atoms. The maximum Gasteiger partial charge on any atom is 0.417 e. The predicted molar refractivity (Wildman–Crippen MR) is 113 cm³/mol. The number of amides is 1. The number of halogens is 4. The number of hydrogen-bond donors (Lipinski definition) is 2. The van der Waals surface area contributed by atoms with Gasteiger partial charge in [-0.15, -0.1) is 0 Å². The zero-order chi connectivity index (χ0) is 23.8. The molecule has 0 fully saturated rings. The molecule has 0 spiro atoms. The molecule has 0 saturated carbocycles. The number of carbonyl (C=O) groups is 1. The van der Waals surface area contributed by atoms with Gasteiger partial charge in [0, 0.05) is 18.8 Å². The van der Waals surface area contributed by atoms with Crippen LogP contribution in [0.1, 0.15) is 41.6 Å². The largest absolute Gasteiger partial charge is 0.423 e. The monoisotopic (exact) mass is 479 g/mol. The van der Waals surface area contributed by atoms with Gasteiger partial charge < -0.3 is 15.1 Å². The van der Waals surface area contributed by atoms with Gasteiger partial charge in [0.05, 0.1) is 22.2 Å². The van der Waals surface area contributed by atoms with Crippen LogP contribution in [0.2, 0.25) is 5.02 Å². The highest BCUT2D eigenvalue weighted by atomic mass is 35.5. The van der Waals surface area contributed by atoms with Gasteiger partial charge in [0.25, 0.3) is 11.9 Å². The fourth-order valence-electron chi connectivity index (χ4n) is 3.11. The number of nitrogens with zero attached hydrogens (tertiary/aromatic N) is 5. The van der Waals surface area contributed by atoms with E-state index in [2.05, 4.69) is 30.7 Å². The first-order chi connectivity index (χ1) is 15.7.